The fourth-order valence-corrected chi connectivity index (χ4v) is 3.86. The lowest BCUT2D eigenvalue weighted by Crippen LogP contribution is -2.56. The molecular formula is C12H15NO3S2. The highest BCUT2D eigenvalue weighted by atomic mass is 32.2. The number of thiophene rings is 1. The van der Waals surface area contributed by atoms with Gasteiger partial charge in [-0.2, -0.15) is 23.1 Å². The molecule has 2 heterocycles. The van der Waals surface area contributed by atoms with E-state index in [1.54, 1.807) is 11.8 Å². The maximum atomic E-state index is 11.9. The zero-order valence-corrected chi connectivity index (χ0v) is 11.5. The van der Waals surface area contributed by atoms with Gasteiger partial charge in [0.25, 0.3) is 0 Å². The average molecular weight is 285 g/mol. The molecule has 0 atom stereocenters. The van der Waals surface area contributed by atoms with E-state index in [0.717, 1.165) is 17.1 Å². The van der Waals surface area contributed by atoms with Crippen molar-refractivity contribution in [1.29, 1.82) is 0 Å². The second kappa shape index (κ2) is 5.75. The Balaban J connectivity index is 2.00. The Kier molecular flexibility index (Phi) is 4.29. The Morgan fingerprint density at radius 1 is 1.39 bits per heavy atom. The summed E-state index contributed by atoms with van der Waals surface area (Å²) < 4.78 is 0. The maximum Gasteiger partial charge on any atom is 0.329 e. The highest BCUT2D eigenvalue weighted by Crippen LogP contribution is 2.27. The molecule has 1 fully saturated rings. The van der Waals surface area contributed by atoms with E-state index in [2.05, 4.69) is 5.32 Å². The Labute approximate surface area is 114 Å². The molecule has 6 heteroatoms. The average Bonchev–Trinajstić information content (AvgIpc) is 2.82. The minimum absolute atomic E-state index is 0.206. The Morgan fingerprint density at radius 2 is 2.11 bits per heavy atom. The number of aliphatic carboxylic acids is 1. The molecule has 2 rings (SSSR count). The third-order valence-corrected chi connectivity index (χ3v) is 4.80. The van der Waals surface area contributed by atoms with Gasteiger partial charge < -0.3 is 10.4 Å². The molecule has 98 valence electrons. The molecule has 0 saturated carbocycles. The molecule has 1 aliphatic rings. The summed E-state index contributed by atoms with van der Waals surface area (Å²) in [5.41, 5.74) is -0.124. The molecule has 0 bridgehead atoms. The third kappa shape index (κ3) is 3.05. The molecule has 1 aliphatic heterocycles. The molecule has 4 nitrogen and oxygen atoms in total. The van der Waals surface area contributed by atoms with Crippen molar-refractivity contribution in [1.82, 2.24) is 5.32 Å². The van der Waals surface area contributed by atoms with Gasteiger partial charge in [-0.05, 0) is 46.7 Å². The van der Waals surface area contributed by atoms with E-state index in [4.69, 9.17) is 0 Å². The number of rotatable bonds is 4. The topological polar surface area (TPSA) is 66.4 Å². The SMILES string of the molecule is O=C(Cc1ccsc1)NC1(C(=O)O)CCSCC1. The number of carboxylic acid groups (broad SMARTS) is 1. The number of hydrogen-bond donors (Lipinski definition) is 2. The lowest BCUT2D eigenvalue weighted by Gasteiger charge is -2.33. The number of carbonyl (C=O) groups is 2. The van der Waals surface area contributed by atoms with Crippen LogP contribution in [0.1, 0.15) is 18.4 Å². The molecule has 1 aromatic rings. The molecular weight excluding hydrogens is 270 g/mol. The third-order valence-electron chi connectivity index (χ3n) is 3.08. The van der Waals surface area contributed by atoms with Gasteiger partial charge in [-0.15, -0.1) is 0 Å². The van der Waals surface area contributed by atoms with Gasteiger partial charge in [0.1, 0.15) is 5.54 Å². The van der Waals surface area contributed by atoms with Crippen LogP contribution in [0.15, 0.2) is 16.8 Å². The maximum absolute atomic E-state index is 11.9. The standard InChI is InChI=1S/C12H15NO3S2/c14-10(7-9-1-4-18-8-9)13-12(11(15)16)2-5-17-6-3-12/h1,4,8H,2-3,5-7H2,(H,13,14)(H,15,16). The molecule has 1 saturated heterocycles. The van der Waals surface area contributed by atoms with Crippen LogP contribution >= 0.6 is 23.1 Å². The van der Waals surface area contributed by atoms with Crippen LogP contribution in [0.2, 0.25) is 0 Å². The van der Waals surface area contributed by atoms with E-state index >= 15 is 0 Å². The highest BCUT2D eigenvalue weighted by Gasteiger charge is 2.41. The minimum atomic E-state index is -1.06. The summed E-state index contributed by atoms with van der Waals surface area (Å²) in [5.74, 6) is 0.444. The van der Waals surface area contributed by atoms with Crippen molar-refractivity contribution < 1.29 is 14.7 Å². The Morgan fingerprint density at radius 3 is 2.67 bits per heavy atom. The summed E-state index contributed by atoms with van der Waals surface area (Å²) in [7, 11) is 0. The molecule has 0 aliphatic carbocycles. The fraction of sp³-hybridized carbons (Fsp3) is 0.500. The van der Waals surface area contributed by atoms with Gasteiger partial charge in [0.2, 0.25) is 5.91 Å². The largest absolute Gasteiger partial charge is 0.480 e. The lowest BCUT2D eigenvalue weighted by atomic mass is 9.92. The van der Waals surface area contributed by atoms with E-state index in [-0.39, 0.29) is 12.3 Å². The molecule has 18 heavy (non-hydrogen) atoms. The first kappa shape index (κ1) is 13.4. The van der Waals surface area contributed by atoms with E-state index in [1.807, 2.05) is 16.8 Å². The first-order chi connectivity index (χ1) is 8.62. The van der Waals surface area contributed by atoms with Gasteiger partial charge in [0.15, 0.2) is 0 Å². The van der Waals surface area contributed by atoms with Crippen molar-refractivity contribution >= 4 is 35.0 Å². The quantitative estimate of drug-likeness (QED) is 0.884. The van der Waals surface area contributed by atoms with E-state index < -0.39 is 11.5 Å². The van der Waals surface area contributed by atoms with Gasteiger partial charge in [-0.25, -0.2) is 4.79 Å². The van der Waals surface area contributed by atoms with Crippen molar-refractivity contribution in [3.8, 4) is 0 Å². The molecule has 0 radical (unpaired) electrons. The number of carboxylic acids is 1. The van der Waals surface area contributed by atoms with Crippen LogP contribution in [0.25, 0.3) is 0 Å². The predicted octanol–water partition coefficient (Wildman–Crippen LogP) is 1.76. The van der Waals surface area contributed by atoms with Crippen LogP contribution < -0.4 is 5.32 Å². The molecule has 0 aromatic carbocycles. The zero-order chi connectivity index (χ0) is 13.0. The second-order valence-electron chi connectivity index (χ2n) is 4.36. The first-order valence-electron chi connectivity index (χ1n) is 5.76. The van der Waals surface area contributed by atoms with Gasteiger partial charge in [0, 0.05) is 0 Å². The number of nitrogens with one attached hydrogen (secondary N) is 1. The van der Waals surface area contributed by atoms with E-state index in [0.29, 0.717) is 12.8 Å². The van der Waals surface area contributed by atoms with E-state index in [9.17, 15) is 14.7 Å². The van der Waals surface area contributed by atoms with Crippen molar-refractivity contribution in [3.63, 3.8) is 0 Å². The van der Waals surface area contributed by atoms with Crippen LogP contribution in [-0.4, -0.2) is 34.0 Å². The normalized spacial score (nSPS) is 18.2. The summed E-state index contributed by atoms with van der Waals surface area (Å²) in [5, 5.41) is 15.9. The number of hydrogen-bond acceptors (Lipinski definition) is 4. The van der Waals surface area contributed by atoms with Crippen molar-refractivity contribution in [3.05, 3.63) is 22.4 Å². The number of carbonyl (C=O) groups excluding carboxylic acids is 1. The minimum Gasteiger partial charge on any atom is -0.480 e. The van der Waals surface area contributed by atoms with Crippen LogP contribution in [-0.2, 0) is 16.0 Å². The van der Waals surface area contributed by atoms with Crippen molar-refractivity contribution in [2.45, 2.75) is 24.8 Å². The molecule has 0 spiro atoms. The molecule has 1 amide bonds. The molecule has 2 N–H and O–H groups in total. The Bertz CT molecular complexity index is 425. The van der Waals surface area contributed by atoms with Gasteiger partial charge in [0.05, 0.1) is 6.42 Å². The van der Waals surface area contributed by atoms with Crippen LogP contribution in [0.3, 0.4) is 0 Å². The lowest BCUT2D eigenvalue weighted by molar-refractivity contribution is -0.148. The highest BCUT2D eigenvalue weighted by molar-refractivity contribution is 7.99. The smallest absolute Gasteiger partial charge is 0.329 e. The summed E-state index contributed by atoms with van der Waals surface area (Å²) in [6.07, 6.45) is 1.26. The summed E-state index contributed by atoms with van der Waals surface area (Å²) in [6, 6.07) is 1.88. The zero-order valence-electron chi connectivity index (χ0n) is 9.85. The first-order valence-corrected chi connectivity index (χ1v) is 7.85. The van der Waals surface area contributed by atoms with Gasteiger partial charge >= 0.3 is 5.97 Å². The monoisotopic (exact) mass is 285 g/mol. The summed E-state index contributed by atoms with van der Waals surface area (Å²) in [6.45, 7) is 0. The predicted molar refractivity (Wildman–Crippen MR) is 73.1 cm³/mol. The summed E-state index contributed by atoms with van der Waals surface area (Å²) in [4.78, 5) is 23.3. The second-order valence-corrected chi connectivity index (χ2v) is 6.36. The van der Waals surface area contributed by atoms with Crippen LogP contribution in [0, 0.1) is 0 Å². The van der Waals surface area contributed by atoms with Crippen molar-refractivity contribution in [2.75, 3.05) is 11.5 Å². The van der Waals surface area contributed by atoms with Gasteiger partial charge in [-0.1, -0.05) is 0 Å². The Hall–Kier alpha value is -1.01. The van der Waals surface area contributed by atoms with Crippen LogP contribution in [0.5, 0.6) is 0 Å². The van der Waals surface area contributed by atoms with Crippen molar-refractivity contribution in [2.24, 2.45) is 0 Å². The van der Waals surface area contributed by atoms with Crippen LogP contribution in [0.4, 0.5) is 0 Å². The summed E-state index contributed by atoms with van der Waals surface area (Å²) >= 11 is 3.27. The van der Waals surface area contributed by atoms with Gasteiger partial charge in [-0.3, -0.25) is 4.79 Å². The molecule has 1 aromatic heterocycles. The number of thioether (sulfide) groups is 1. The molecule has 0 unspecified atom stereocenters. The number of amides is 1. The van der Waals surface area contributed by atoms with E-state index in [1.165, 1.54) is 11.3 Å². The fourth-order valence-electron chi connectivity index (χ4n) is 2.00.